The van der Waals surface area contributed by atoms with Gasteiger partial charge in [-0.25, -0.2) is 0 Å². The third kappa shape index (κ3) is 4.04. The number of allylic oxidation sites excluding steroid dienone is 1. The quantitative estimate of drug-likeness (QED) is 0.149. The van der Waals surface area contributed by atoms with Crippen LogP contribution in [0, 0.1) is 56.7 Å². The van der Waals surface area contributed by atoms with Gasteiger partial charge in [0.25, 0.3) is 0 Å². The minimum atomic E-state index is -0.550. The maximum Gasteiger partial charge on any atom is 0.317 e. The molecule has 0 radical (unpaired) electrons. The molecule has 6 rings (SSSR count). The van der Waals surface area contributed by atoms with Crippen molar-refractivity contribution in [3.05, 3.63) is 35.9 Å². The van der Waals surface area contributed by atoms with Crippen molar-refractivity contribution in [3.63, 3.8) is 0 Å². The molecule has 0 heterocycles. The first kappa shape index (κ1) is 30.6. The lowest BCUT2D eigenvalue weighted by molar-refractivity contribution is -0.234. The molecule has 5 heteroatoms. The average Bonchev–Trinajstić information content (AvgIpc) is 3.37. The van der Waals surface area contributed by atoms with E-state index in [0.29, 0.717) is 52.9 Å². The Morgan fingerprint density at radius 2 is 1.65 bits per heavy atom. The van der Waals surface area contributed by atoms with Crippen molar-refractivity contribution in [2.45, 2.75) is 106 Å². The first-order valence-electron chi connectivity index (χ1n) is 16.7. The van der Waals surface area contributed by atoms with E-state index in [4.69, 9.17) is 9.47 Å². The number of esters is 1. The standard InChI is InChI=1S/C38H52O5/c1-23(2)25-13-18-38(33(41)43-27-11-9-24(22-39)21-28(27)42-8)20-19-36(6)26(32(25)38)10-12-30-35(5)16-15-31(40)34(3,4)29(35)14-17-37(30,36)7/h9,11,21-22,25-26,29-30,32H,1,10,12-20H2,2-8H3/t25-,26+,29?,30+,32+,35-,36+,37+,38-/m0/s1. The molecule has 5 saturated carbocycles. The summed E-state index contributed by atoms with van der Waals surface area (Å²) in [5, 5.41) is 0. The predicted octanol–water partition coefficient (Wildman–Crippen LogP) is 8.64. The fourth-order valence-corrected chi connectivity index (χ4v) is 12.3. The Labute approximate surface area is 258 Å². The van der Waals surface area contributed by atoms with Crippen molar-refractivity contribution in [3.8, 4) is 11.5 Å². The number of Topliss-reactive ketones (excluding diaryl/α,β-unsaturated/α-hetero) is 1. The van der Waals surface area contributed by atoms with Crippen LogP contribution >= 0.6 is 0 Å². The molecule has 0 aliphatic heterocycles. The highest BCUT2D eigenvalue weighted by Gasteiger charge is 2.72. The third-order valence-electron chi connectivity index (χ3n) is 14.7. The van der Waals surface area contributed by atoms with Gasteiger partial charge in [-0.05, 0) is 129 Å². The van der Waals surface area contributed by atoms with Gasteiger partial charge in [0.2, 0.25) is 0 Å². The average molecular weight is 589 g/mol. The van der Waals surface area contributed by atoms with Crippen LogP contribution in [0.3, 0.4) is 0 Å². The van der Waals surface area contributed by atoms with E-state index in [-0.39, 0.29) is 33.5 Å². The first-order chi connectivity index (χ1) is 20.2. The molecule has 0 aromatic heterocycles. The van der Waals surface area contributed by atoms with Crippen LogP contribution in [-0.2, 0) is 9.59 Å². The topological polar surface area (TPSA) is 69.7 Å². The number of hydrogen-bond acceptors (Lipinski definition) is 5. The third-order valence-corrected chi connectivity index (χ3v) is 14.7. The smallest absolute Gasteiger partial charge is 0.317 e. The van der Waals surface area contributed by atoms with E-state index in [1.807, 2.05) is 0 Å². The molecule has 0 saturated heterocycles. The molecule has 0 amide bonds. The summed E-state index contributed by atoms with van der Waals surface area (Å²) in [4.78, 5) is 38.9. The Morgan fingerprint density at radius 3 is 2.33 bits per heavy atom. The van der Waals surface area contributed by atoms with E-state index < -0.39 is 5.41 Å². The molecule has 5 fully saturated rings. The van der Waals surface area contributed by atoms with Gasteiger partial charge < -0.3 is 9.47 Å². The molecular weight excluding hydrogens is 536 g/mol. The molecule has 1 unspecified atom stereocenters. The molecule has 5 nitrogen and oxygen atoms in total. The Bertz CT molecular complexity index is 1360. The molecule has 5 aliphatic carbocycles. The zero-order valence-corrected chi connectivity index (χ0v) is 27.5. The fraction of sp³-hybridized carbons (Fsp3) is 0.711. The van der Waals surface area contributed by atoms with Gasteiger partial charge in [-0.15, -0.1) is 0 Å². The normalized spacial score (nSPS) is 43.0. The Hall–Kier alpha value is -2.43. The van der Waals surface area contributed by atoms with Crippen molar-refractivity contribution in [2.24, 2.45) is 56.7 Å². The largest absolute Gasteiger partial charge is 0.493 e. The molecule has 5 aliphatic rings. The summed E-state index contributed by atoms with van der Waals surface area (Å²) in [5.41, 5.74) is 1.30. The summed E-state index contributed by atoms with van der Waals surface area (Å²) in [6, 6.07) is 4.99. The maximum absolute atomic E-state index is 14.4. The van der Waals surface area contributed by atoms with E-state index in [1.54, 1.807) is 25.3 Å². The number of benzene rings is 1. The maximum atomic E-state index is 14.4. The van der Waals surface area contributed by atoms with Gasteiger partial charge in [0.15, 0.2) is 11.5 Å². The lowest BCUT2D eigenvalue weighted by atomic mass is 9.32. The van der Waals surface area contributed by atoms with Gasteiger partial charge >= 0.3 is 5.97 Å². The number of carbonyl (C=O) groups is 3. The van der Waals surface area contributed by atoms with Crippen LogP contribution in [-0.4, -0.2) is 25.1 Å². The van der Waals surface area contributed by atoms with E-state index in [0.717, 1.165) is 57.7 Å². The zero-order valence-electron chi connectivity index (χ0n) is 27.5. The van der Waals surface area contributed by atoms with Crippen molar-refractivity contribution < 1.29 is 23.9 Å². The summed E-state index contributed by atoms with van der Waals surface area (Å²) in [7, 11) is 1.54. The zero-order chi connectivity index (χ0) is 31.2. The van der Waals surface area contributed by atoms with Gasteiger partial charge in [-0.1, -0.05) is 46.8 Å². The molecule has 9 atom stereocenters. The minimum Gasteiger partial charge on any atom is -0.493 e. The molecule has 43 heavy (non-hydrogen) atoms. The molecule has 0 N–H and O–H groups in total. The van der Waals surface area contributed by atoms with E-state index >= 15 is 0 Å². The highest BCUT2D eigenvalue weighted by molar-refractivity contribution is 5.85. The van der Waals surface area contributed by atoms with E-state index in [2.05, 4.69) is 48.1 Å². The Morgan fingerprint density at radius 1 is 0.907 bits per heavy atom. The van der Waals surface area contributed by atoms with Crippen LogP contribution in [0.4, 0.5) is 0 Å². The van der Waals surface area contributed by atoms with Gasteiger partial charge in [-0.3, -0.25) is 14.4 Å². The number of hydrogen-bond donors (Lipinski definition) is 0. The van der Waals surface area contributed by atoms with Crippen molar-refractivity contribution in [1.29, 1.82) is 0 Å². The highest BCUT2D eigenvalue weighted by atomic mass is 16.6. The lowest BCUT2D eigenvalue weighted by Crippen LogP contribution is -2.66. The van der Waals surface area contributed by atoms with Crippen LogP contribution in [0.15, 0.2) is 30.4 Å². The number of fused-ring (bicyclic) bond motifs is 7. The molecule has 1 aromatic carbocycles. The summed E-state index contributed by atoms with van der Waals surface area (Å²) in [5.74, 6) is 3.03. The Balaban J connectivity index is 1.37. The van der Waals surface area contributed by atoms with Crippen molar-refractivity contribution in [2.75, 3.05) is 7.11 Å². The molecule has 1 aromatic rings. The minimum absolute atomic E-state index is 0.102. The van der Waals surface area contributed by atoms with E-state index in [1.165, 1.54) is 12.0 Å². The first-order valence-corrected chi connectivity index (χ1v) is 16.7. The number of carbonyl (C=O) groups excluding carboxylic acids is 3. The van der Waals surface area contributed by atoms with Gasteiger partial charge in [0.1, 0.15) is 12.1 Å². The van der Waals surface area contributed by atoms with Crippen LogP contribution < -0.4 is 9.47 Å². The summed E-state index contributed by atoms with van der Waals surface area (Å²) in [6.07, 6.45) is 10.7. The second-order valence-electron chi connectivity index (χ2n) is 16.4. The summed E-state index contributed by atoms with van der Waals surface area (Å²) < 4.78 is 11.8. The van der Waals surface area contributed by atoms with Crippen molar-refractivity contribution in [1.82, 2.24) is 0 Å². The van der Waals surface area contributed by atoms with Gasteiger partial charge in [0, 0.05) is 17.4 Å². The van der Waals surface area contributed by atoms with Crippen LogP contribution in [0.5, 0.6) is 11.5 Å². The second-order valence-corrected chi connectivity index (χ2v) is 16.4. The van der Waals surface area contributed by atoms with E-state index in [9.17, 15) is 14.4 Å². The van der Waals surface area contributed by atoms with Gasteiger partial charge in [-0.2, -0.15) is 0 Å². The fourth-order valence-electron chi connectivity index (χ4n) is 12.3. The monoisotopic (exact) mass is 588 g/mol. The number of rotatable bonds is 5. The van der Waals surface area contributed by atoms with Crippen LogP contribution in [0.1, 0.15) is 116 Å². The van der Waals surface area contributed by atoms with Gasteiger partial charge in [0.05, 0.1) is 12.5 Å². The van der Waals surface area contributed by atoms with Crippen molar-refractivity contribution >= 4 is 18.0 Å². The highest BCUT2D eigenvalue weighted by Crippen LogP contribution is 2.77. The molecule has 234 valence electrons. The summed E-state index contributed by atoms with van der Waals surface area (Å²) >= 11 is 0. The van der Waals surface area contributed by atoms with Crippen LogP contribution in [0.2, 0.25) is 0 Å². The predicted molar refractivity (Wildman–Crippen MR) is 168 cm³/mol. The lowest BCUT2D eigenvalue weighted by Gasteiger charge is -2.72. The molecule has 0 bridgehead atoms. The molecular formula is C38H52O5. The molecule has 0 spiro atoms. The second kappa shape index (κ2) is 10.0. The Kier molecular flexibility index (Phi) is 7.14. The van der Waals surface area contributed by atoms with Crippen LogP contribution in [0.25, 0.3) is 0 Å². The number of aldehydes is 1. The number of ketones is 1. The number of ether oxygens (including phenoxy) is 2. The summed E-state index contributed by atoms with van der Waals surface area (Å²) in [6.45, 7) is 18.7. The SMILES string of the molecule is C=C(C)[C@@H]1CC[C@]2(C(=O)Oc3ccc(C=O)cc3OC)CC[C@]3(C)[C@H](CC[C@@H]4[C@@]5(C)CCC(=O)C(C)(C)C5CC[C@]43C)[C@@H]12. The number of methoxy groups -OCH3 is 1.